The zero-order chi connectivity index (χ0) is 19.9. The van der Waals surface area contributed by atoms with E-state index < -0.39 is 0 Å². The number of carbonyl (C=O) groups is 2. The number of phenols is 1. The molecule has 0 bridgehead atoms. The summed E-state index contributed by atoms with van der Waals surface area (Å²) in [7, 11) is 0. The van der Waals surface area contributed by atoms with E-state index in [1.54, 1.807) is 35.1 Å². The molecule has 3 N–H and O–H groups in total. The summed E-state index contributed by atoms with van der Waals surface area (Å²) in [5.74, 6) is -0.387. The van der Waals surface area contributed by atoms with Gasteiger partial charge in [-0.05, 0) is 64.8 Å². The zero-order valence-corrected chi connectivity index (χ0v) is 16.5. The summed E-state index contributed by atoms with van der Waals surface area (Å²) in [5, 5.41) is 19.2. The molecule has 0 saturated heterocycles. The number of hydrogen-bond acceptors (Lipinski definition) is 4. The Morgan fingerprint density at radius 3 is 2.29 bits per heavy atom. The standard InChI is InChI=1S/C20H19BrN4O3/c21-16-12-24-25(13-16)17-7-5-14(6-8-17)19(27)22-9-2-10-23-20(28)15-3-1-4-18(26)11-15/h1,3-8,11-13,26H,2,9-10H2,(H,22,27)(H,23,28). The predicted molar refractivity (Wildman–Crippen MR) is 109 cm³/mol. The summed E-state index contributed by atoms with van der Waals surface area (Å²) in [5.41, 5.74) is 1.81. The van der Waals surface area contributed by atoms with Gasteiger partial charge < -0.3 is 15.7 Å². The van der Waals surface area contributed by atoms with Crippen LogP contribution in [0.5, 0.6) is 5.75 Å². The quantitative estimate of drug-likeness (QED) is 0.490. The van der Waals surface area contributed by atoms with E-state index in [2.05, 4.69) is 31.7 Å². The number of hydrogen-bond donors (Lipinski definition) is 3. The molecule has 0 aliphatic rings. The summed E-state index contributed by atoms with van der Waals surface area (Å²) in [6.45, 7) is 0.856. The lowest BCUT2D eigenvalue weighted by molar-refractivity contribution is 0.0951. The fraction of sp³-hybridized carbons (Fsp3) is 0.150. The molecule has 7 nitrogen and oxygen atoms in total. The van der Waals surface area contributed by atoms with Gasteiger partial charge in [0, 0.05) is 30.4 Å². The number of carbonyl (C=O) groups excluding carboxylic acids is 2. The topological polar surface area (TPSA) is 96.3 Å². The molecule has 0 spiro atoms. The summed E-state index contributed by atoms with van der Waals surface area (Å²) >= 11 is 3.35. The highest BCUT2D eigenvalue weighted by molar-refractivity contribution is 9.10. The average molecular weight is 443 g/mol. The number of nitrogens with zero attached hydrogens (tertiary/aromatic N) is 2. The van der Waals surface area contributed by atoms with Crippen molar-refractivity contribution in [1.82, 2.24) is 20.4 Å². The Balaban J connectivity index is 1.41. The van der Waals surface area contributed by atoms with Crippen molar-refractivity contribution in [3.05, 3.63) is 76.5 Å². The maximum absolute atomic E-state index is 12.2. The van der Waals surface area contributed by atoms with Gasteiger partial charge in [0.05, 0.1) is 16.4 Å². The molecule has 1 heterocycles. The minimum absolute atomic E-state index is 0.0473. The first-order chi connectivity index (χ1) is 13.5. The summed E-state index contributed by atoms with van der Waals surface area (Å²) < 4.78 is 2.59. The van der Waals surface area contributed by atoms with Crippen LogP contribution in [0.3, 0.4) is 0 Å². The van der Waals surface area contributed by atoms with Crippen LogP contribution in [0.2, 0.25) is 0 Å². The van der Waals surface area contributed by atoms with Crippen LogP contribution in [0.4, 0.5) is 0 Å². The van der Waals surface area contributed by atoms with Gasteiger partial charge in [0.2, 0.25) is 0 Å². The average Bonchev–Trinajstić information content (AvgIpc) is 3.14. The molecule has 3 aromatic rings. The van der Waals surface area contributed by atoms with Crippen molar-refractivity contribution in [2.75, 3.05) is 13.1 Å². The summed E-state index contributed by atoms with van der Waals surface area (Å²) in [6.07, 6.45) is 4.12. The van der Waals surface area contributed by atoms with Gasteiger partial charge in [-0.15, -0.1) is 0 Å². The second-order valence-electron chi connectivity index (χ2n) is 6.07. The lowest BCUT2D eigenvalue weighted by atomic mass is 10.2. The molecule has 8 heteroatoms. The maximum atomic E-state index is 12.2. The van der Waals surface area contributed by atoms with E-state index in [-0.39, 0.29) is 17.6 Å². The summed E-state index contributed by atoms with van der Waals surface area (Å²) in [6, 6.07) is 13.3. The predicted octanol–water partition coefficient (Wildman–Crippen LogP) is 2.89. The molecule has 28 heavy (non-hydrogen) atoms. The first-order valence-corrected chi connectivity index (χ1v) is 9.48. The Morgan fingerprint density at radius 2 is 1.68 bits per heavy atom. The molecule has 1 aromatic heterocycles. The van der Waals surface area contributed by atoms with Gasteiger partial charge in [0.1, 0.15) is 5.75 Å². The second kappa shape index (κ2) is 9.18. The van der Waals surface area contributed by atoms with Crippen LogP contribution in [0.15, 0.2) is 65.4 Å². The first-order valence-electron chi connectivity index (χ1n) is 8.69. The number of phenolic OH excluding ortho intramolecular Hbond substituents is 1. The number of rotatable bonds is 7. The normalized spacial score (nSPS) is 10.5. The van der Waals surface area contributed by atoms with E-state index in [1.807, 2.05) is 18.3 Å². The minimum Gasteiger partial charge on any atom is -0.508 e. The van der Waals surface area contributed by atoms with Gasteiger partial charge >= 0.3 is 0 Å². The Kier molecular flexibility index (Phi) is 6.44. The van der Waals surface area contributed by atoms with Crippen LogP contribution in [0, 0.1) is 0 Å². The van der Waals surface area contributed by atoms with Crippen molar-refractivity contribution in [2.45, 2.75) is 6.42 Å². The molecule has 0 saturated carbocycles. The smallest absolute Gasteiger partial charge is 0.251 e. The van der Waals surface area contributed by atoms with E-state index in [9.17, 15) is 14.7 Å². The van der Waals surface area contributed by atoms with E-state index in [1.165, 1.54) is 12.1 Å². The number of amides is 2. The molecule has 0 unspecified atom stereocenters. The lowest BCUT2D eigenvalue weighted by Crippen LogP contribution is -2.29. The van der Waals surface area contributed by atoms with Crippen molar-refractivity contribution < 1.29 is 14.7 Å². The van der Waals surface area contributed by atoms with Crippen LogP contribution >= 0.6 is 15.9 Å². The van der Waals surface area contributed by atoms with Gasteiger partial charge in [-0.1, -0.05) is 6.07 Å². The molecule has 0 aliphatic carbocycles. The SMILES string of the molecule is O=C(NCCCNC(=O)c1cccc(O)c1)c1ccc(-n2cc(Br)cn2)cc1. The highest BCUT2D eigenvalue weighted by atomic mass is 79.9. The Bertz CT molecular complexity index is 970. The molecular weight excluding hydrogens is 424 g/mol. The lowest BCUT2D eigenvalue weighted by Gasteiger charge is -2.08. The van der Waals surface area contributed by atoms with Gasteiger partial charge in [0.25, 0.3) is 11.8 Å². The highest BCUT2D eigenvalue weighted by Gasteiger charge is 2.07. The van der Waals surface area contributed by atoms with Crippen molar-refractivity contribution in [3.63, 3.8) is 0 Å². The maximum Gasteiger partial charge on any atom is 0.251 e. The Morgan fingerprint density at radius 1 is 1.00 bits per heavy atom. The van der Waals surface area contributed by atoms with Crippen molar-refractivity contribution in [1.29, 1.82) is 0 Å². The minimum atomic E-state index is -0.261. The fourth-order valence-electron chi connectivity index (χ4n) is 2.55. The zero-order valence-electron chi connectivity index (χ0n) is 14.9. The largest absolute Gasteiger partial charge is 0.508 e. The van der Waals surface area contributed by atoms with Crippen LogP contribution in [-0.2, 0) is 0 Å². The first kappa shape index (κ1) is 19.6. The van der Waals surface area contributed by atoms with Gasteiger partial charge in [-0.3, -0.25) is 9.59 Å². The van der Waals surface area contributed by atoms with E-state index in [4.69, 9.17) is 0 Å². The monoisotopic (exact) mass is 442 g/mol. The third-order valence-corrected chi connectivity index (χ3v) is 4.39. The molecule has 3 rings (SSSR count). The number of nitrogens with one attached hydrogen (secondary N) is 2. The Hall–Kier alpha value is -3.13. The van der Waals surface area contributed by atoms with Gasteiger partial charge in [-0.25, -0.2) is 4.68 Å². The van der Waals surface area contributed by atoms with Crippen LogP contribution < -0.4 is 10.6 Å². The number of halogens is 1. The molecule has 2 aromatic carbocycles. The third kappa shape index (κ3) is 5.20. The number of aromatic hydroxyl groups is 1. The molecular formula is C20H19BrN4O3. The third-order valence-electron chi connectivity index (χ3n) is 3.98. The Labute approximate surface area is 170 Å². The molecule has 2 amide bonds. The molecule has 0 atom stereocenters. The van der Waals surface area contributed by atoms with Crippen molar-refractivity contribution >= 4 is 27.7 Å². The van der Waals surface area contributed by atoms with Crippen LogP contribution in [0.1, 0.15) is 27.1 Å². The molecule has 0 aliphatic heterocycles. The number of aromatic nitrogens is 2. The van der Waals surface area contributed by atoms with Crippen molar-refractivity contribution in [2.24, 2.45) is 0 Å². The second-order valence-corrected chi connectivity index (χ2v) is 6.98. The van der Waals surface area contributed by atoms with Crippen LogP contribution in [-0.4, -0.2) is 39.8 Å². The molecule has 0 fully saturated rings. The molecule has 144 valence electrons. The molecule has 0 radical (unpaired) electrons. The van der Waals surface area contributed by atoms with Crippen LogP contribution in [0.25, 0.3) is 5.69 Å². The van der Waals surface area contributed by atoms with E-state index in [0.29, 0.717) is 30.6 Å². The number of benzene rings is 2. The fourth-order valence-corrected chi connectivity index (χ4v) is 2.84. The summed E-state index contributed by atoms with van der Waals surface area (Å²) in [4.78, 5) is 24.1. The van der Waals surface area contributed by atoms with E-state index in [0.717, 1.165) is 10.2 Å². The van der Waals surface area contributed by atoms with Crippen molar-refractivity contribution in [3.8, 4) is 11.4 Å². The van der Waals surface area contributed by atoms with E-state index >= 15 is 0 Å². The highest BCUT2D eigenvalue weighted by Crippen LogP contribution is 2.13. The van der Waals surface area contributed by atoms with Gasteiger partial charge in [-0.2, -0.15) is 5.10 Å². The van der Waals surface area contributed by atoms with Gasteiger partial charge in [0.15, 0.2) is 0 Å².